The van der Waals surface area contributed by atoms with Gasteiger partial charge in [-0.1, -0.05) is 41.9 Å². The van der Waals surface area contributed by atoms with Crippen LogP contribution in [0.3, 0.4) is 0 Å². The van der Waals surface area contributed by atoms with Crippen molar-refractivity contribution in [2.45, 2.75) is 0 Å². The Morgan fingerprint density at radius 3 is 2.00 bits per heavy atom. The van der Waals surface area contributed by atoms with E-state index in [4.69, 9.17) is 23.1 Å². The number of halogens is 1. The molecule has 4 heteroatoms. The molecule has 0 fully saturated rings. The Morgan fingerprint density at radius 1 is 0.941 bits per heavy atom. The fourth-order valence-corrected chi connectivity index (χ4v) is 1.67. The van der Waals surface area contributed by atoms with Crippen molar-refractivity contribution in [3.63, 3.8) is 0 Å². The van der Waals surface area contributed by atoms with Gasteiger partial charge in [-0.2, -0.15) is 0 Å². The van der Waals surface area contributed by atoms with Crippen LogP contribution in [0.1, 0.15) is 15.9 Å². The lowest BCUT2D eigenvalue weighted by Crippen LogP contribution is -2.04. The maximum Gasteiger partial charge on any atom is 0.193 e. The lowest BCUT2D eigenvalue weighted by molar-refractivity contribution is 0.103. The van der Waals surface area contributed by atoms with Crippen molar-refractivity contribution in [1.82, 2.24) is 0 Å². The molecule has 0 aliphatic rings. The Kier molecular flexibility index (Phi) is 3.02. The first-order valence-corrected chi connectivity index (χ1v) is 5.41. The minimum Gasteiger partial charge on any atom is -0.397 e. The van der Waals surface area contributed by atoms with Crippen molar-refractivity contribution in [2.75, 3.05) is 11.5 Å². The summed E-state index contributed by atoms with van der Waals surface area (Å²) in [5, 5.41) is 0.287. The zero-order chi connectivity index (χ0) is 12.4. The van der Waals surface area contributed by atoms with Crippen LogP contribution in [0.15, 0.2) is 42.5 Å². The summed E-state index contributed by atoms with van der Waals surface area (Å²) in [6.45, 7) is 0. The summed E-state index contributed by atoms with van der Waals surface area (Å²) in [5.41, 5.74) is 13.0. The third-order valence-electron chi connectivity index (χ3n) is 2.43. The van der Waals surface area contributed by atoms with Gasteiger partial charge in [-0.25, -0.2) is 0 Å². The fraction of sp³-hybridized carbons (Fsp3) is 0. The quantitative estimate of drug-likeness (QED) is 0.632. The summed E-state index contributed by atoms with van der Waals surface area (Å²) in [6, 6.07) is 12.0. The van der Waals surface area contributed by atoms with Crippen LogP contribution in [-0.4, -0.2) is 5.78 Å². The van der Waals surface area contributed by atoms with Crippen molar-refractivity contribution >= 4 is 28.8 Å². The van der Waals surface area contributed by atoms with Crippen LogP contribution in [0.2, 0.25) is 5.02 Å². The highest BCUT2D eigenvalue weighted by molar-refractivity contribution is 6.35. The number of nitrogens with two attached hydrogens (primary N) is 2. The predicted octanol–water partition coefficient (Wildman–Crippen LogP) is 2.74. The topological polar surface area (TPSA) is 69.1 Å². The molecule has 0 amide bonds. The molecule has 0 saturated carbocycles. The molecule has 0 bridgehead atoms. The molecule has 86 valence electrons. The number of nitrogen functional groups attached to an aromatic ring is 2. The zero-order valence-corrected chi connectivity index (χ0v) is 9.74. The lowest BCUT2D eigenvalue weighted by Gasteiger charge is -2.06. The van der Waals surface area contributed by atoms with Crippen molar-refractivity contribution in [1.29, 1.82) is 0 Å². The van der Waals surface area contributed by atoms with Gasteiger partial charge in [0.1, 0.15) is 0 Å². The van der Waals surface area contributed by atoms with Crippen molar-refractivity contribution in [3.05, 3.63) is 58.6 Å². The molecule has 0 aliphatic heterocycles. The van der Waals surface area contributed by atoms with E-state index in [0.29, 0.717) is 22.5 Å². The first-order valence-electron chi connectivity index (χ1n) is 5.04. The second kappa shape index (κ2) is 4.47. The SMILES string of the molecule is Nc1cc(C(=O)c2ccccc2)cc(N)c1Cl. The molecule has 0 heterocycles. The smallest absolute Gasteiger partial charge is 0.193 e. The summed E-state index contributed by atoms with van der Waals surface area (Å²) >= 11 is 5.84. The second-order valence-electron chi connectivity index (χ2n) is 3.66. The average molecular weight is 247 g/mol. The van der Waals surface area contributed by atoms with Crippen LogP contribution in [0.5, 0.6) is 0 Å². The number of rotatable bonds is 2. The van der Waals surface area contributed by atoms with E-state index >= 15 is 0 Å². The third-order valence-corrected chi connectivity index (χ3v) is 2.86. The van der Waals surface area contributed by atoms with Crippen LogP contribution in [-0.2, 0) is 0 Å². The Morgan fingerprint density at radius 2 is 1.47 bits per heavy atom. The third kappa shape index (κ3) is 2.24. The molecule has 0 atom stereocenters. The van der Waals surface area contributed by atoms with Crippen LogP contribution < -0.4 is 11.5 Å². The van der Waals surface area contributed by atoms with E-state index in [1.807, 2.05) is 6.07 Å². The normalized spacial score (nSPS) is 10.2. The van der Waals surface area contributed by atoms with Crippen LogP contribution in [0, 0.1) is 0 Å². The Labute approximate surface area is 104 Å². The van der Waals surface area contributed by atoms with Crippen molar-refractivity contribution in [2.24, 2.45) is 0 Å². The molecule has 3 nitrogen and oxygen atoms in total. The molecule has 4 N–H and O–H groups in total. The summed E-state index contributed by atoms with van der Waals surface area (Å²) in [5.74, 6) is -0.124. The monoisotopic (exact) mass is 246 g/mol. The molecular formula is C13H11ClN2O. The molecule has 2 aromatic carbocycles. The molecule has 2 rings (SSSR count). The van der Waals surface area contributed by atoms with Gasteiger partial charge in [-0.15, -0.1) is 0 Å². The molecule has 0 aliphatic carbocycles. The Balaban J connectivity index is 2.45. The van der Waals surface area contributed by atoms with Gasteiger partial charge in [-0.05, 0) is 12.1 Å². The van der Waals surface area contributed by atoms with E-state index < -0.39 is 0 Å². The number of carbonyl (C=O) groups excluding carboxylic acids is 1. The highest BCUT2D eigenvalue weighted by atomic mass is 35.5. The molecule has 17 heavy (non-hydrogen) atoms. The van der Waals surface area contributed by atoms with Gasteiger partial charge in [-0.3, -0.25) is 4.79 Å². The van der Waals surface area contributed by atoms with E-state index in [2.05, 4.69) is 0 Å². The molecule has 0 aromatic heterocycles. The average Bonchev–Trinajstić information content (AvgIpc) is 2.35. The minimum absolute atomic E-state index is 0.124. The minimum atomic E-state index is -0.124. The van der Waals surface area contributed by atoms with Gasteiger partial charge in [0.15, 0.2) is 5.78 Å². The van der Waals surface area contributed by atoms with Gasteiger partial charge in [0.2, 0.25) is 0 Å². The maximum absolute atomic E-state index is 12.1. The fourth-order valence-electron chi connectivity index (χ4n) is 1.56. The van der Waals surface area contributed by atoms with Crippen LogP contribution in [0.25, 0.3) is 0 Å². The summed E-state index contributed by atoms with van der Waals surface area (Å²) in [4.78, 5) is 12.1. The van der Waals surface area contributed by atoms with Crippen LogP contribution in [0.4, 0.5) is 11.4 Å². The molecule has 2 aromatic rings. The molecule has 0 unspecified atom stereocenters. The molecular weight excluding hydrogens is 236 g/mol. The highest BCUT2D eigenvalue weighted by Gasteiger charge is 2.12. The summed E-state index contributed by atoms with van der Waals surface area (Å²) in [7, 11) is 0. The van der Waals surface area contributed by atoms with Crippen LogP contribution >= 0.6 is 11.6 Å². The zero-order valence-electron chi connectivity index (χ0n) is 8.98. The largest absolute Gasteiger partial charge is 0.397 e. The number of hydrogen-bond acceptors (Lipinski definition) is 3. The molecule has 0 spiro atoms. The van der Waals surface area contributed by atoms with Gasteiger partial charge in [0.25, 0.3) is 0 Å². The Bertz CT molecular complexity index is 544. The van der Waals surface area contributed by atoms with Gasteiger partial charge < -0.3 is 11.5 Å². The van der Waals surface area contributed by atoms with Gasteiger partial charge >= 0.3 is 0 Å². The van der Waals surface area contributed by atoms with Gasteiger partial charge in [0.05, 0.1) is 16.4 Å². The van der Waals surface area contributed by atoms with Crippen molar-refractivity contribution < 1.29 is 4.79 Å². The number of anilines is 2. The number of ketones is 1. The number of benzene rings is 2. The molecule has 0 saturated heterocycles. The maximum atomic E-state index is 12.1. The highest BCUT2D eigenvalue weighted by Crippen LogP contribution is 2.28. The van der Waals surface area contributed by atoms with E-state index in [1.165, 1.54) is 12.1 Å². The summed E-state index contributed by atoms with van der Waals surface area (Å²) in [6.07, 6.45) is 0. The van der Waals surface area contributed by atoms with Crippen molar-refractivity contribution in [3.8, 4) is 0 Å². The molecule has 0 radical (unpaired) electrons. The van der Waals surface area contributed by atoms with E-state index in [0.717, 1.165) is 0 Å². The Hall–Kier alpha value is -2.00. The lowest BCUT2D eigenvalue weighted by atomic mass is 10.0. The van der Waals surface area contributed by atoms with E-state index in [9.17, 15) is 4.79 Å². The number of carbonyl (C=O) groups is 1. The van der Waals surface area contributed by atoms with E-state index in [-0.39, 0.29) is 10.8 Å². The van der Waals surface area contributed by atoms with Gasteiger partial charge in [0, 0.05) is 11.1 Å². The number of hydrogen-bond donors (Lipinski definition) is 2. The second-order valence-corrected chi connectivity index (χ2v) is 4.04. The first-order chi connectivity index (χ1) is 8.09. The van der Waals surface area contributed by atoms with E-state index in [1.54, 1.807) is 24.3 Å². The summed E-state index contributed by atoms with van der Waals surface area (Å²) < 4.78 is 0. The standard InChI is InChI=1S/C13H11ClN2O/c14-12-10(15)6-9(7-11(12)16)13(17)8-4-2-1-3-5-8/h1-7H,15-16H2. The first kappa shape index (κ1) is 11.5. The predicted molar refractivity (Wildman–Crippen MR) is 70.2 cm³/mol.